The van der Waals surface area contributed by atoms with Crippen LogP contribution in [0.4, 0.5) is 0 Å². The van der Waals surface area contributed by atoms with Gasteiger partial charge in [0, 0.05) is 13.6 Å². The molecule has 0 atom stereocenters. The van der Waals surface area contributed by atoms with Crippen molar-refractivity contribution in [3.63, 3.8) is 0 Å². The van der Waals surface area contributed by atoms with Crippen LogP contribution in [0.5, 0.6) is 0 Å². The van der Waals surface area contributed by atoms with Gasteiger partial charge in [-0.05, 0) is 19.4 Å². The Kier molecular flexibility index (Phi) is 3.41. The fraction of sp³-hybridized carbons (Fsp3) is 0.308. The monoisotopic (exact) mass is 244 g/mol. The molecule has 5 heteroatoms. The Morgan fingerprint density at radius 1 is 1.28 bits per heavy atom. The van der Waals surface area contributed by atoms with Gasteiger partial charge in [0.15, 0.2) is 0 Å². The van der Waals surface area contributed by atoms with Crippen molar-refractivity contribution in [2.24, 2.45) is 0 Å². The molecule has 0 radical (unpaired) electrons. The Labute approximate surface area is 106 Å². The summed E-state index contributed by atoms with van der Waals surface area (Å²) in [7, 11) is 1.74. The number of aromatic nitrogens is 3. The molecule has 0 unspecified atom stereocenters. The number of benzene rings is 1. The Morgan fingerprint density at radius 2 is 1.94 bits per heavy atom. The minimum Gasteiger partial charge on any atom is -0.335 e. The van der Waals surface area contributed by atoms with E-state index in [4.69, 9.17) is 0 Å². The summed E-state index contributed by atoms with van der Waals surface area (Å²) in [6.07, 6.45) is 0. The summed E-state index contributed by atoms with van der Waals surface area (Å²) in [4.78, 5) is 17.6. The highest BCUT2D eigenvalue weighted by atomic mass is 16.2. The van der Waals surface area contributed by atoms with Crippen molar-refractivity contribution in [3.05, 3.63) is 47.0 Å². The molecular formula is C13H16N4O. The predicted molar refractivity (Wildman–Crippen MR) is 68.1 cm³/mol. The summed E-state index contributed by atoms with van der Waals surface area (Å²) in [6.45, 7) is 4.35. The van der Waals surface area contributed by atoms with E-state index < -0.39 is 0 Å². The van der Waals surface area contributed by atoms with Crippen LogP contribution in [-0.4, -0.2) is 33.0 Å². The van der Waals surface area contributed by atoms with Gasteiger partial charge < -0.3 is 4.90 Å². The predicted octanol–water partition coefficient (Wildman–Crippen LogP) is 1.69. The Morgan fingerprint density at radius 3 is 2.50 bits per heavy atom. The lowest BCUT2D eigenvalue weighted by Crippen LogP contribution is -2.27. The van der Waals surface area contributed by atoms with E-state index in [1.807, 2.05) is 31.2 Å². The molecule has 1 aromatic carbocycles. The molecule has 0 spiro atoms. The van der Waals surface area contributed by atoms with Gasteiger partial charge in [-0.1, -0.05) is 29.8 Å². The van der Waals surface area contributed by atoms with Gasteiger partial charge >= 0.3 is 0 Å². The van der Waals surface area contributed by atoms with Gasteiger partial charge in [0.2, 0.25) is 5.82 Å². The topological polar surface area (TPSA) is 61.9 Å². The number of hydrogen-bond donors (Lipinski definition) is 1. The van der Waals surface area contributed by atoms with E-state index in [9.17, 15) is 4.79 Å². The normalized spacial score (nSPS) is 10.4. The number of nitrogens with one attached hydrogen (secondary N) is 1. The van der Waals surface area contributed by atoms with Crippen molar-refractivity contribution < 1.29 is 4.79 Å². The van der Waals surface area contributed by atoms with Crippen LogP contribution in [-0.2, 0) is 6.54 Å². The van der Waals surface area contributed by atoms with Crippen LogP contribution in [0.15, 0.2) is 24.3 Å². The zero-order valence-electron chi connectivity index (χ0n) is 10.8. The lowest BCUT2D eigenvalue weighted by Gasteiger charge is -2.15. The number of hydrogen-bond acceptors (Lipinski definition) is 3. The molecule has 1 aromatic heterocycles. The van der Waals surface area contributed by atoms with Crippen LogP contribution in [0.3, 0.4) is 0 Å². The Hall–Kier alpha value is -2.17. The third-order valence-electron chi connectivity index (χ3n) is 2.68. The third-order valence-corrected chi connectivity index (χ3v) is 2.68. The van der Waals surface area contributed by atoms with Gasteiger partial charge in [0.05, 0.1) is 0 Å². The van der Waals surface area contributed by atoms with Crippen molar-refractivity contribution in [1.29, 1.82) is 0 Å². The maximum Gasteiger partial charge on any atom is 0.293 e. The van der Waals surface area contributed by atoms with Crippen LogP contribution in [0, 0.1) is 13.8 Å². The third kappa shape index (κ3) is 2.74. The summed E-state index contributed by atoms with van der Waals surface area (Å²) in [6, 6.07) is 8.10. The summed E-state index contributed by atoms with van der Waals surface area (Å²) >= 11 is 0. The summed E-state index contributed by atoms with van der Waals surface area (Å²) in [5.74, 6) is 0.670. The molecule has 18 heavy (non-hydrogen) atoms. The molecule has 0 bridgehead atoms. The van der Waals surface area contributed by atoms with E-state index >= 15 is 0 Å². The fourth-order valence-electron chi connectivity index (χ4n) is 1.65. The minimum absolute atomic E-state index is 0.181. The molecule has 5 nitrogen and oxygen atoms in total. The number of nitrogens with zero attached hydrogens (tertiary/aromatic N) is 3. The van der Waals surface area contributed by atoms with E-state index in [-0.39, 0.29) is 11.7 Å². The van der Waals surface area contributed by atoms with Gasteiger partial charge in [-0.15, -0.1) is 5.10 Å². The molecule has 0 saturated carbocycles. The summed E-state index contributed by atoms with van der Waals surface area (Å²) in [5.41, 5.74) is 2.29. The van der Waals surface area contributed by atoms with Crippen molar-refractivity contribution in [3.8, 4) is 0 Å². The molecule has 0 aliphatic carbocycles. The zero-order valence-corrected chi connectivity index (χ0v) is 10.8. The van der Waals surface area contributed by atoms with E-state index in [1.54, 1.807) is 18.9 Å². The molecular weight excluding hydrogens is 228 g/mol. The molecule has 0 fully saturated rings. The highest BCUT2D eigenvalue weighted by Gasteiger charge is 2.16. The number of amides is 1. The van der Waals surface area contributed by atoms with Gasteiger partial charge in [0.25, 0.3) is 5.91 Å². The van der Waals surface area contributed by atoms with Crippen LogP contribution in [0.25, 0.3) is 0 Å². The molecule has 2 rings (SSSR count). The first-order valence-corrected chi connectivity index (χ1v) is 5.76. The molecule has 1 N–H and O–H groups in total. The van der Waals surface area contributed by atoms with E-state index in [0.717, 1.165) is 5.56 Å². The number of H-pyrrole nitrogens is 1. The first kappa shape index (κ1) is 12.3. The standard InChI is InChI=1S/C13H16N4O/c1-9-4-6-11(7-5-9)8-17(3)13(18)12-14-10(2)15-16-12/h4-7H,8H2,1-3H3,(H,14,15,16). The summed E-state index contributed by atoms with van der Waals surface area (Å²) < 4.78 is 0. The van der Waals surface area contributed by atoms with Gasteiger partial charge in [-0.3, -0.25) is 9.89 Å². The van der Waals surface area contributed by atoms with Crippen LogP contribution >= 0.6 is 0 Å². The Bertz CT molecular complexity index is 544. The average Bonchev–Trinajstić information content (AvgIpc) is 2.78. The number of carbonyl (C=O) groups is 1. The number of carbonyl (C=O) groups excluding carboxylic acids is 1. The second-order valence-corrected chi connectivity index (χ2v) is 4.39. The SMILES string of the molecule is Cc1ccc(CN(C)C(=O)c2n[nH]c(C)n2)cc1. The Balaban J connectivity index is 2.05. The lowest BCUT2D eigenvalue weighted by atomic mass is 10.1. The van der Waals surface area contributed by atoms with E-state index in [1.165, 1.54) is 5.56 Å². The molecule has 0 aliphatic heterocycles. The molecule has 1 heterocycles. The molecule has 2 aromatic rings. The van der Waals surface area contributed by atoms with Gasteiger partial charge in [0.1, 0.15) is 5.82 Å². The van der Waals surface area contributed by atoms with Gasteiger partial charge in [-0.2, -0.15) is 0 Å². The van der Waals surface area contributed by atoms with Crippen molar-refractivity contribution in [1.82, 2.24) is 20.1 Å². The fourth-order valence-corrected chi connectivity index (χ4v) is 1.65. The second kappa shape index (κ2) is 5.00. The molecule has 0 saturated heterocycles. The number of rotatable bonds is 3. The van der Waals surface area contributed by atoms with E-state index in [0.29, 0.717) is 12.4 Å². The number of aromatic amines is 1. The quantitative estimate of drug-likeness (QED) is 0.893. The highest BCUT2D eigenvalue weighted by Crippen LogP contribution is 2.07. The largest absolute Gasteiger partial charge is 0.335 e. The van der Waals surface area contributed by atoms with Crippen molar-refractivity contribution in [2.75, 3.05) is 7.05 Å². The molecule has 1 amide bonds. The molecule has 0 aliphatic rings. The maximum atomic E-state index is 12.0. The first-order chi connectivity index (χ1) is 8.56. The van der Waals surface area contributed by atoms with Crippen molar-refractivity contribution >= 4 is 5.91 Å². The van der Waals surface area contributed by atoms with E-state index in [2.05, 4.69) is 15.2 Å². The first-order valence-electron chi connectivity index (χ1n) is 5.76. The van der Waals surface area contributed by atoms with Crippen LogP contribution in [0.1, 0.15) is 27.6 Å². The zero-order chi connectivity index (χ0) is 13.1. The van der Waals surface area contributed by atoms with Crippen LogP contribution in [0.2, 0.25) is 0 Å². The number of aryl methyl sites for hydroxylation is 2. The minimum atomic E-state index is -0.181. The summed E-state index contributed by atoms with van der Waals surface area (Å²) in [5, 5.41) is 6.53. The lowest BCUT2D eigenvalue weighted by molar-refractivity contribution is 0.0773. The second-order valence-electron chi connectivity index (χ2n) is 4.39. The average molecular weight is 244 g/mol. The highest BCUT2D eigenvalue weighted by molar-refractivity contribution is 5.90. The van der Waals surface area contributed by atoms with Crippen LogP contribution < -0.4 is 0 Å². The maximum absolute atomic E-state index is 12.0. The van der Waals surface area contributed by atoms with Crippen molar-refractivity contribution in [2.45, 2.75) is 20.4 Å². The molecule has 94 valence electrons. The smallest absolute Gasteiger partial charge is 0.293 e. The van der Waals surface area contributed by atoms with Gasteiger partial charge in [-0.25, -0.2) is 4.98 Å².